The predicted octanol–water partition coefficient (Wildman–Crippen LogP) is 3.99. The number of amides is 1. The van der Waals surface area contributed by atoms with E-state index in [2.05, 4.69) is 21.2 Å². The molecule has 1 aliphatic rings. The molecule has 3 rings (SSSR count). The second kappa shape index (κ2) is 7.71. The van der Waals surface area contributed by atoms with Crippen LogP contribution in [0.1, 0.15) is 36.4 Å². The van der Waals surface area contributed by atoms with E-state index in [1.165, 1.54) is 11.1 Å². The quantitative estimate of drug-likeness (QED) is 0.760. The number of fused-ring (bicyclic) bond motifs is 1. The molecule has 0 spiro atoms. The van der Waals surface area contributed by atoms with E-state index in [1.54, 1.807) is 0 Å². The second-order valence-electron chi connectivity index (χ2n) is 6.03. The average molecular weight is 389 g/mol. The topological polar surface area (TPSA) is 64.3 Å². The standard InChI is InChI=1S/C19H21BrN2O2/c20-14-4-2-5-16(12-14)24-10-9-19(23)22-18-6-1-3-13-11-15(21)7-8-17(13)18/h2,4-5,7-8,11-12,18H,1,3,6,9-10,21H2,(H,22,23). The zero-order chi connectivity index (χ0) is 16.9. The lowest BCUT2D eigenvalue weighted by molar-refractivity contribution is -0.122. The summed E-state index contributed by atoms with van der Waals surface area (Å²) in [4.78, 5) is 12.2. The van der Waals surface area contributed by atoms with Crippen molar-refractivity contribution in [3.8, 4) is 5.75 Å². The van der Waals surface area contributed by atoms with Crippen molar-refractivity contribution in [3.05, 3.63) is 58.1 Å². The van der Waals surface area contributed by atoms with Crippen LogP contribution in [0.15, 0.2) is 46.9 Å². The molecule has 3 N–H and O–H groups in total. The van der Waals surface area contributed by atoms with Crippen molar-refractivity contribution in [1.29, 1.82) is 0 Å². The first-order valence-corrected chi connectivity index (χ1v) is 8.97. The molecular weight excluding hydrogens is 368 g/mol. The van der Waals surface area contributed by atoms with E-state index in [4.69, 9.17) is 10.5 Å². The molecule has 126 valence electrons. The monoisotopic (exact) mass is 388 g/mol. The molecule has 0 heterocycles. The van der Waals surface area contributed by atoms with Gasteiger partial charge in [-0.25, -0.2) is 0 Å². The van der Waals surface area contributed by atoms with Crippen LogP contribution in [0.4, 0.5) is 5.69 Å². The number of carbonyl (C=O) groups is 1. The Hall–Kier alpha value is -2.01. The van der Waals surface area contributed by atoms with Gasteiger partial charge in [-0.3, -0.25) is 4.79 Å². The van der Waals surface area contributed by atoms with Crippen LogP contribution in [0.3, 0.4) is 0 Å². The van der Waals surface area contributed by atoms with Crippen molar-refractivity contribution in [2.45, 2.75) is 31.7 Å². The normalized spacial score (nSPS) is 16.3. The summed E-state index contributed by atoms with van der Waals surface area (Å²) in [6.07, 6.45) is 3.40. The smallest absolute Gasteiger partial charge is 0.223 e. The molecular formula is C19H21BrN2O2. The number of aryl methyl sites for hydroxylation is 1. The van der Waals surface area contributed by atoms with Gasteiger partial charge in [0.15, 0.2) is 0 Å². The summed E-state index contributed by atoms with van der Waals surface area (Å²) in [5.74, 6) is 0.773. The maximum Gasteiger partial charge on any atom is 0.223 e. The van der Waals surface area contributed by atoms with Crippen LogP contribution in [0.5, 0.6) is 5.75 Å². The van der Waals surface area contributed by atoms with Crippen LogP contribution in [0.2, 0.25) is 0 Å². The second-order valence-corrected chi connectivity index (χ2v) is 6.94. The number of hydrogen-bond acceptors (Lipinski definition) is 3. The van der Waals surface area contributed by atoms with Gasteiger partial charge in [-0.15, -0.1) is 0 Å². The molecule has 1 aliphatic carbocycles. The maximum atomic E-state index is 12.2. The highest BCUT2D eigenvalue weighted by atomic mass is 79.9. The van der Waals surface area contributed by atoms with E-state index in [0.717, 1.165) is 35.2 Å². The van der Waals surface area contributed by atoms with E-state index in [-0.39, 0.29) is 11.9 Å². The Morgan fingerprint density at radius 2 is 2.17 bits per heavy atom. The number of anilines is 1. The third-order valence-corrected chi connectivity index (χ3v) is 4.70. The molecule has 1 atom stereocenters. The largest absolute Gasteiger partial charge is 0.493 e. The molecule has 0 saturated carbocycles. The van der Waals surface area contributed by atoms with Crippen LogP contribution in [-0.2, 0) is 11.2 Å². The third-order valence-electron chi connectivity index (χ3n) is 4.21. The Morgan fingerprint density at radius 1 is 1.29 bits per heavy atom. The number of nitrogens with two attached hydrogens (primary N) is 1. The Morgan fingerprint density at radius 3 is 3.00 bits per heavy atom. The van der Waals surface area contributed by atoms with Gasteiger partial charge in [-0.1, -0.05) is 28.1 Å². The minimum absolute atomic E-state index is 0.0136. The maximum absolute atomic E-state index is 12.2. The first-order chi connectivity index (χ1) is 11.6. The molecule has 0 aromatic heterocycles. The highest BCUT2D eigenvalue weighted by molar-refractivity contribution is 9.10. The van der Waals surface area contributed by atoms with Gasteiger partial charge in [-0.05, 0) is 60.7 Å². The lowest BCUT2D eigenvalue weighted by atomic mass is 9.87. The predicted molar refractivity (Wildman–Crippen MR) is 98.9 cm³/mol. The molecule has 0 fully saturated rings. The molecule has 4 nitrogen and oxygen atoms in total. The van der Waals surface area contributed by atoms with Gasteiger partial charge >= 0.3 is 0 Å². The van der Waals surface area contributed by atoms with E-state index >= 15 is 0 Å². The number of rotatable bonds is 5. The summed E-state index contributed by atoms with van der Waals surface area (Å²) in [5.41, 5.74) is 9.07. The van der Waals surface area contributed by atoms with Crippen LogP contribution >= 0.6 is 15.9 Å². The van der Waals surface area contributed by atoms with Crippen molar-refractivity contribution in [3.63, 3.8) is 0 Å². The van der Waals surface area contributed by atoms with Crippen LogP contribution in [-0.4, -0.2) is 12.5 Å². The zero-order valence-electron chi connectivity index (χ0n) is 13.4. The van der Waals surface area contributed by atoms with Crippen LogP contribution in [0, 0.1) is 0 Å². The van der Waals surface area contributed by atoms with E-state index in [0.29, 0.717) is 13.0 Å². The van der Waals surface area contributed by atoms with Gasteiger partial charge in [0.05, 0.1) is 19.1 Å². The fourth-order valence-corrected chi connectivity index (χ4v) is 3.45. The summed E-state index contributed by atoms with van der Waals surface area (Å²) in [7, 11) is 0. The van der Waals surface area contributed by atoms with Gasteiger partial charge in [0, 0.05) is 10.2 Å². The first-order valence-electron chi connectivity index (χ1n) is 8.18. The lowest BCUT2D eigenvalue weighted by Crippen LogP contribution is -2.31. The number of halogens is 1. The van der Waals surface area contributed by atoms with Crippen molar-refractivity contribution >= 4 is 27.5 Å². The average Bonchev–Trinajstić information content (AvgIpc) is 2.55. The van der Waals surface area contributed by atoms with Gasteiger partial charge in [0.1, 0.15) is 5.75 Å². The number of nitrogen functional groups attached to an aromatic ring is 1. The van der Waals surface area contributed by atoms with Gasteiger partial charge in [-0.2, -0.15) is 0 Å². The van der Waals surface area contributed by atoms with E-state index in [1.807, 2.05) is 42.5 Å². The lowest BCUT2D eigenvalue weighted by Gasteiger charge is -2.26. The van der Waals surface area contributed by atoms with E-state index in [9.17, 15) is 4.79 Å². The molecule has 0 aliphatic heterocycles. The third kappa shape index (κ3) is 4.29. The number of hydrogen-bond donors (Lipinski definition) is 2. The van der Waals surface area contributed by atoms with Crippen molar-refractivity contribution in [1.82, 2.24) is 5.32 Å². The van der Waals surface area contributed by atoms with Crippen LogP contribution in [0.25, 0.3) is 0 Å². The Kier molecular flexibility index (Phi) is 5.41. The number of benzene rings is 2. The summed E-state index contributed by atoms with van der Waals surface area (Å²) in [5, 5.41) is 3.12. The summed E-state index contributed by atoms with van der Waals surface area (Å²) < 4.78 is 6.59. The summed E-state index contributed by atoms with van der Waals surface area (Å²) in [6.45, 7) is 0.365. The Bertz CT molecular complexity index is 733. The van der Waals surface area contributed by atoms with Crippen molar-refractivity contribution in [2.75, 3.05) is 12.3 Å². The SMILES string of the molecule is Nc1ccc2c(c1)CCCC2NC(=O)CCOc1cccc(Br)c1. The molecule has 1 unspecified atom stereocenters. The molecule has 0 saturated heterocycles. The highest BCUT2D eigenvalue weighted by Crippen LogP contribution is 2.31. The van der Waals surface area contributed by atoms with Gasteiger partial charge in [0.2, 0.25) is 5.91 Å². The van der Waals surface area contributed by atoms with Crippen molar-refractivity contribution < 1.29 is 9.53 Å². The number of carbonyl (C=O) groups excluding carboxylic acids is 1. The van der Waals surface area contributed by atoms with Crippen molar-refractivity contribution in [2.24, 2.45) is 0 Å². The first kappa shape index (κ1) is 16.8. The zero-order valence-corrected chi connectivity index (χ0v) is 15.0. The summed E-state index contributed by atoms with van der Waals surface area (Å²) >= 11 is 3.40. The molecule has 0 bridgehead atoms. The Balaban J connectivity index is 1.52. The molecule has 2 aromatic rings. The van der Waals surface area contributed by atoms with Gasteiger partial charge < -0.3 is 15.8 Å². The molecule has 1 amide bonds. The Labute approximate surface area is 150 Å². The number of ether oxygens (including phenoxy) is 1. The molecule has 5 heteroatoms. The van der Waals surface area contributed by atoms with E-state index < -0.39 is 0 Å². The molecule has 0 radical (unpaired) electrons. The minimum atomic E-state index is 0.0136. The van der Waals surface area contributed by atoms with Gasteiger partial charge in [0.25, 0.3) is 0 Å². The number of nitrogens with one attached hydrogen (secondary N) is 1. The molecule has 2 aromatic carbocycles. The summed E-state index contributed by atoms with van der Waals surface area (Å²) in [6, 6.07) is 13.6. The fraction of sp³-hybridized carbons (Fsp3) is 0.316. The van der Waals surface area contributed by atoms with Crippen LogP contribution < -0.4 is 15.8 Å². The highest BCUT2D eigenvalue weighted by Gasteiger charge is 2.21. The minimum Gasteiger partial charge on any atom is -0.493 e. The molecule has 24 heavy (non-hydrogen) atoms. The fourth-order valence-electron chi connectivity index (χ4n) is 3.07.